The number of hydrogen-bond donors (Lipinski definition) is 2. The highest BCUT2D eigenvalue weighted by Gasteiger charge is 2.11. The summed E-state index contributed by atoms with van der Waals surface area (Å²) in [5.74, 6) is 0.824. The van der Waals surface area contributed by atoms with Gasteiger partial charge in [0.25, 0.3) is 0 Å². The molecule has 0 bridgehead atoms. The normalized spacial score (nSPS) is 12.5. The van der Waals surface area contributed by atoms with E-state index >= 15 is 0 Å². The number of benzene rings is 2. The van der Waals surface area contributed by atoms with Crippen LogP contribution in [0.4, 0.5) is 0 Å². The third kappa shape index (κ3) is 3.73. The Labute approximate surface area is 121 Å². The molecule has 0 saturated heterocycles. The van der Waals surface area contributed by atoms with E-state index in [0.29, 0.717) is 0 Å². The fraction of sp³-hybridized carbons (Fsp3) is 0.353. The molecule has 0 fully saturated rings. The van der Waals surface area contributed by atoms with Crippen molar-refractivity contribution in [2.45, 2.75) is 32.9 Å². The molecule has 0 spiro atoms. The molecule has 0 aliphatic heterocycles. The van der Waals surface area contributed by atoms with Crippen LogP contribution in [-0.2, 0) is 6.54 Å². The highest BCUT2D eigenvalue weighted by molar-refractivity contribution is 5.86. The van der Waals surface area contributed by atoms with E-state index in [4.69, 9.17) is 0 Å². The predicted molar refractivity (Wildman–Crippen MR) is 87.0 cm³/mol. The van der Waals surface area contributed by atoms with E-state index in [1.807, 2.05) is 0 Å². The molecule has 3 nitrogen and oxygen atoms in total. The molecule has 0 radical (unpaired) electrons. The first kappa shape index (κ1) is 14.4. The summed E-state index contributed by atoms with van der Waals surface area (Å²) < 4.78 is 0. The Hall–Kier alpha value is -2.03. The smallest absolute Gasteiger partial charge is 0.191 e. The number of hydrogen-bond acceptors (Lipinski definition) is 1. The molecule has 3 heteroatoms. The minimum atomic E-state index is 0.000594. The van der Waals surface area contributed by atoms with Gasteiger partial charge in [0.2, 0.25) is 0 Å². The molecule has 0 unspecified atom stereocenters. The zero-order valence-corrected chi connectivity index (χ0v) is 12.7. The second-order valence-corrected chi connectivity index (χ2v) is 5.94. The average molecular weight is 269 g/mol. The fourth-order valence-electron chi connectivity index (χ4n) is 2.16. The van der Waals surface area contributed by atoms with Crippen LogP contribution in [0, 0.1) is 0 Å². The lowest BCUT2D eigenvalue weighted by atomic mass is 10.0. The summed E-state index contributed by atoms with van der Waals surface area (Å²) >= 11 is 0. The minimum Gasteiger partial charge on any atom is -0.352 e. The van der Waals surface area contributed by atoms with Gasteiger partial charge in [0.15, 0.2) is 5.96 Å². The van der Waals surface area contributed by atoms with Gasteiger partial charge in [0.05, 0.1) is 0 Å². The fourth-order valence-corrected chi connectivity index (χ4v) is 2.16. The van der Waals surface area contributed by atoms with Gasteiger partial charge in [-0.3, -0.25) is 4.99 Å². The van der Waals surface area contributed by atoms with Crippen LogP contribution in [-0.4, -0.2) is 18.5 Å². The largest absolute Gasteiger partial charge is 0.352 e. The molecule has 0 aromatic heterocycles. The van der Waals surface area contributed by atoms with Gasteiger partial charge in [-0.2, -0.15) is 0 Å². The van der Waals surface area contributed by atoms with E-state index in [0.717, 1.165) is 12.5 Å². The van der Waals surface area contributed by atoms with Crippen molar-refractivity contribution in [3.8, 4) is 0 Å². The number of aliphatic imine (C=N–C) groups is 1. The summed E-state index contributed by atoms with van der Waals surface area (Å²) in [6.07, 6.45) is 0. The predicted octanol–water partition coefficient (Wildman–Crippen LogP) is 3.30. The van der Waals surface area contributed by atoms with Crippen LogP contribution in [0.15, 0.2) is 47.5 Å². The van der Waals surface area contributed by atoms with Gasteiger partial charge in [-0.25, -0.2) is 0 Å². The molecule has 0 atom stereocenters. The Morgan fingerprint density at radius 3 is 2.45 bits per heavy atom. The molecule has 2 rings (SSSR count). The molecule has 0 saturated carbocycles. The van der Waals surface area contributed by atoms with Crippen LogP contribution in [0.3, 0.4) is 0 Å². The van der Waals surface area contributed by atoms with Crippen molar-refractivity contribution in [2.75, 3.05) is 7.05 Å². The maximum absolute atomic E-state index is 4.26. The van der Waals surface area contributed by atoms with Gasteiger partial charge < -0.3 is 10.6 Å². The second-order valence-electron chi connectivity index (χ2n) is 5.94. The van der Waals surface area contributed by atoms with E-state index in [9.17, 15) is 0 Å². The maximum atomic E-state index is 4.26. The zero-order chi connectivity index (χ0) is 14.6. The van der Waals surface area contributed by atoms with Crippen LogP contribution in [0.1, 0.15) is 26.3 Å². The van der Waals surface area contributed by atoms with Crippen LogP contribution >= 0.6 is 0 Å². The standard InChI is InChI=1S/C17H23N3/c1-17(2,3)20-16(18-4)19-12-14-10-7-9-13-8-5-6-11-15(13)14/h5-11H,12H2,1-4H3,(H2,18,19,20). The SMILES string of the molecule is CN=C(NCc1cccc2ccccc12)NC(C)(C)C. The quantitative estimate of drug-likeness (QED) is 0.648. The maximum Gasteiger partial charge on any atom is 0.191 e. The Kier molecular flexibility index (Phi) is 4.28. The Balaban J connectivity index is 2.13. The van der Waals surface area contributed by atoms with Gasteiger partial charge in [-0.05, 0) is 37.1 Å². The first-order valence-corrected chi connectivity index (χ1v) is 6.95. The molecule has 0 heterocycles. The van der Waals surface area contributed by atoms with E-state index in [-0.39, 0.29) is 5.54 Å². The number of rotatable bonds is 2. The van der Waals surface area contributed by atoms with Gasteiger partial charge in [0, 0.05) is 19.1 Å². The molecule has 2 N–H and O–H groups in total. The molecular formula is C17H23N3. The Morgan fingerprint density at radius 2 is 1.75 bits per heavy atom. The summed E-state index contributed by atoms with van der Waals surface area (Å²) in [4.78, 5) is 4.26. The van der Waals surface area contributed by atoms with Crippen molar-refractivity contribution in [1.82, 2.24) is 10.6 Å². The highest BCUT2D eigenvalue weighted by Crippen LogP contribution is 2.18. The summed E-state index contributed by atoms with van der Waals surface area (Å²) in [6, 6.07) is 14.8. The molecule has 106 valence electrons. The molecule has 0 aliphatic rings. The van der Waals surface area contributed by atoms with Crippen molar-refractivity contribution >= 4 is 16.7 Å². The number of fused-ring (bicyclic) bond motifs is 1. The van der Waals surface area contributed by atoms with Crippen molar-refractivity contribution in [3.05, 3.63) is 48.0 Å². The van der Waals surface area contributed by atoms with E-state index in [1.165, 1.54) is 16.3 Å². The summed E-state index contributed by atoms with van der Waals surface area (Å²) in [5.41, 5.74) is 1.28. The third-order valence-electron chi connectivity index (χ3n) is 3.04. The molecular weight excluding hydrogens is 246 g/mol. The lowest BCUT2D eigenvalue weighted by molar-refractivity contribution is 0.501. The monoisotopic (exact) mass is 269 g/mol. The zero-order valence-electron chi connectivity index (χ0n) is 12.7. The van der Waals surface area contributed by atoms with Crippen molar-refractivity contribution < 1.29 is 0 Å². The van der Waals surface area contributed by atoms with Crippen molar-refractivity contribution in [1.29, 1.82) is 0 Å². The summed E-state index contributed by atoms with van der Waals surface area (Å²) in [7, 11) is 1.80. The van der Waals surface area contributed by atoms with Crippen molar-refractivity contribution in [3.63, 3.8) is 0 Å². The Bertz CT molecular complexity index is 604. The van der Waals surface area contributed by atoms with Crippen LogP contribution in [0.2, 0.25) is 0 Å². The first-order valence-electron chi connectivity index (χ1n) is 6.95. The number of guanidine groups is 1. The first-order chi connectivity index (χ1) is 9.49. The highest BCUT2D eigenvalue weighted by atomic mass is 15.2. The number of nitrogens with one attached hydrogen (secondary N) is 2. The summed E-state index contributed by atoms with van der Waals surface area (Å²) in [6.45, 7) is 7.13. The molecule has 20 heavy (non-hydrogen) atoms. The van der Waals surface area contributed by atoms with Crippen LogP contribution < -0.4 is 10.6 Å². The van der Waals surface area contributed by atoms with E-state index in [2.05, 4.69) is 78.9 Å². The van der Waals surface area contributed by atoms with Gasteiger partial charge in [0.1, 0.15) is 0 Å². The molecule has 2 aromatic rings. The molecule has 2 aromatic carbocycles. The molecule has 0 amide bonds. The summed E-state index contributed by atoms with van der Waals surface area (Å²) in [5, 5.41) is 9.29. The van der Waals surface area contributed by atoms with E-state index in [1.54, 1.807) is 7.05 Å². The van der Waals surface area contributed by atoms with Gasteiger partial charge in [-0.1, -0.05) is 42.5 Å². The Morgan fingerprint density at radius 1 is 1.05 bits per heavy atom. The lowest BCUT2D eigenvalue weighted by Crippen LogP contribution is -2.47. The third-order valence-corrected chi connectivity index (χ3v) is 3.04. The van der Waals surface area contributed by atoms with Crippen LogP contribution in [0.25, 0.3) is 10.8 Å². The minimum absolute atomic E-state index is 0.000594. The second kappa shape index (κ2) is 5.95. The van der Waals surface area contributed by atoms with Crippen LogP contribution in [0.5, 0.6) is 0 Å². The van der Waals surface area contributed by atoms with Gasteiger partial charge in [-0.15, -0.1) is 0 Å². The average Bonchev–Trinajstić information content (AvgIpc) is 2.42. The van der Waals surface area contributed by atoms with E-state index < -0.39 is 0 Å². The van der Waals surface area contributed by atoms with Crippen molar-refractivity contribution in [2.24, 2.45) is 4.99 Å². The number of nitrogens with zero attached hydrogens (tertiary/aromatic N) is 1. The topological polar surface area (TPSA) is 36.4 Å². The molecule has 0 aliphatic carbocycles. The van der Waals surface area contributed by atoms with Gasteiger partial charge >= 0.3 is 0 Å². The lowest BCUT2D eigenvalue weighted by Gasteiger charge is -2.24.